The van der Waals surface area contributed by atoms with Gasteiger partial charge in [-0.15, -0.1) is 0 Å². The highest BCUT2D eigenvalue weighted by Crippen LogP contribution is 2.26. The molecule has 4 nitrogen and oxygen atoms in total. The fourth-order valence-corrected chi connectivity index (χ4v) is 2.37. The van der Waals surface area contributed by atoms with Crippen LogP contribution in [0.15, 0.2) is 36.4 Å². The second-order valence-corrected chi connectivity index (χ2v) is 5.68. The summed E-state index contributed by atoms with van der Waals surface area (Å²) in [5.41, 5.74) is 4.68. The fraction of sp³-hybridized carbons (Fsp3) is 0.316. The minimum atomic E-state index is -0.347. The lowest BCUT2D eigenvalue weighted by atomic mass is 10.1. The predicted molar refractivity (Wildman–Crippen MR) is 91.0 cm³/mol. The molecular formula is C19H23NO3. The van der Waals surface area contributed by atoms with Gasteiger partial charge in [0.1, 0.15) is 12.4 Å². The number of hydrogen-bond donors (Lipinski definition) is 1. The van der Waals surface area contributed by atoms with Crippen LogP contribution in [0.3, 0.4) is 0 Å². The van der Waals surface area contributed by atoms with Crippen molar-refractivity contribution >= 4 is 11.6 Å². The van der Waals surface area contributed by atoms with E-state index < -0.39 is 0 Å². The second kappa shape index (κ2) is 7.29. The SMILES string of the molecule is CCC(=O)N(O)c1ccccc1COc1cc(C)c(C)cc1C. The van der Waals surface area contributed by atoms with Crippen molar-refractivity contribution in [1.82, 2.24) is 0 Å². The third-order valence-corrected chi connectivity index (χ3v) is 3.93. The Bertz CT molecular complexity index is 710. The first kappa shape index (κ1) is 17.0. The molecule has 0 aliphatic rings. The van der Waals surface area contributed by atoms with Crippen LogP contribution in [0.2, 0.25) is 0 Å². The van der Waals surface area contributed by atoms with Crippen molar-refractivity contribution in [2.24, 2.45) is 0 Å². The molecule has 0 radical (unpaired) electrons. The number of carbonyl (C=O) groups excluding carboxylic acids is 1. The fourth-order valence-electron chi connectivity index (χ4n) is 2.37. The zero-order valence-corrected chi connectivity index (χ0v) is 14.1. The smallest absolute Gasteiger partial charge is 0.250 e. The summed E-state index contributed by atoms with van der Waals surface area (Å²) in [6, 6.07) is 11.3. The lowest BCUT2D eigenvalue weighted by Crippen LogP contribution is -2.27. The molecule has 0 spiro atoms. The maximum Gasteiger partial charge on any atom is 0.250 e. The number of hydroxylamine groups is 1. The quantitative estimate of drug-likeness (QED) is 0.660. The van der Waals surface area contributed by atoms with E-state index >= 15 is 0 Å². The van der Waals surface area contributed by atoms with Gasteiger partial charge in [0.15, 0.2) is 0 Å². The number of hydrogen-bond acceptors (Lipinski definition) is 3. The zero-order valence-electron chi connectivity index (χ0n) is 14.1. The van der Waals surface area contributed by atoms with Crippen LogP contribution < -0.4 is 9.80 Å². The summed E-state index contributed by atoms with van der Waals surface area (Å²) in [4.78, 5) is 11.7. The van der Waals surface area contributed by atoms with Gasteiger partial charge in [-0.2, -0.15) is 5.06 Å². The first-order valence-corrected chi connectivity index (χ1v) is 7.74. The van der Waals surface area contributed by atoms with Gasteiger partial charge in [0.2, 0.25) is 5.91 Å². The van der Waals surface area contributed by atoms with Crippen molar-refractivity contribution < 1.29 is 14.7 Å². The summed E-state index contributed by atoms with van der Waals surface area (Å²) in [6.07, 6.45) is 0.238. The number of para-hydroxylation sites is 1. The second-order valence-electron chi connectivity index (χ2n) is 5.68. The van der Waals surface area contributed by atoms with E-state index in [1.165, 1.54) is 11.1 Å². The van der Waals surface area contributed by atoms with Gasteiger partial charge in [-0.25, -0.2) is 0 Å². The molecule has 0 saturated heterocycles. The normalized spacial score (nSPS) is 10.5. The minimum absolute atomic E-state index is 0.238. The lowest BCUT2D eigenvalue weighted by molar-refractivity contribution is -0.123. The Hall–Kier alpha value is -2.33. The average molecular weight is 313 g/mol. The largest absolute Gasteiger partial charge is 0.489 e. The topological polar surface area (TPSA) is 49.8 Å². The van der Waals surface area contributed by atoms with E-state index in [0.717, 1.165) is 16.9 Å². The summed E-state index contributed by atoms with van der Waals surface area (Å²) < 4.78 is 5.91. The summed E-state index contributed by atoms with van der Waals surface area (Å²) >= 11 is 0. The van der Waals surface area contributed by atoms with Crippen molar-refractivity contribution in [3.05, 3.63) is 58.7 Å². The predicted octanol–water partition coefficient (Wildman–Crippen LogP) is 4.32. The molecule has 0 aliphatic carbocycles. The number of carbonyl (C=O) groups is 1. The van der Waals surface area contributed by atoms with Crippen LogP contribution in [0.1, 0.15) is 35.6 Å². The molecule has 0 atom stereocenters. The monoisotopic (exact) mass is 313 g/mol. The lowest BCUT2D eigenvalue weighted by Gasteiger charge is -2.19. The Labute approximate surface area is 137 Å². The zero-order chi connectivity index (χ0) is 17.0. The molecule has 1 amide bonds. The Morgan fingerprint density at radius 2 is 1.74 bits per heavy atom. The van der Waals surface area contributed by atoms with Gasteiger partial charge >= 0.3 is 0 Å². The van der Waals surface area contributed by atoms with Crippen LogP contribution in [-0.2, 0) is 11.4 Å². The number of nitrogens with zero attached hydrogens (tertiary/aromatic N) is 1. The maximum absolute atomic E-state index is 11.7. The molecule has 122 valence electrons. The van der Waals surface area contributed by atoms with Crippen LogP contribution in [0, 0.1) is 20.8 Å². The van der Waals surface area contributed by atoms with Gasteiger partial charge in [0.05, 0.1) is 5.69 Å². The highest BCUT2D eigenvalue weighted by molar-refractivity contribution is 5.91. The first-order valence-electron chi connectivity index (χ1n) is 7.74. The summed E-state index contributed by atoms with van der Waals surface area (Å²) in [6.45, 7) is 8.12. The van der Waals surface area contributed by atoms with Crippen molar-refractivity contribution in [2.45, 2.75) is 40.7 Å². The van der Waals surface area contributed by atoms with Gasteiger partial charge in [-0.1, -0.05) is 31.2 Å². The molecule has 0 aromatic heterocycles. The molecule has 1 N–H and O–H groups in total. The Kier molecular flexibility index (Phi) is 5.40. The molecule has 4 heteroatoms. The van der Waals surface area contributed by atoms with Gasteiger partial charge in [0, 0.05) is 12.0 Å². The third kappa shape index (κ3) is 3.90. The van der Waals surface area contributed by atoms with Crippen molar-refractivity contribution in [3.8, 4) is 5.75 Å². The van der Waals surface area contributed by atoms with E-state index in [0.29, 0.717) is 10.8 Å². The molecule has 2 rings (SSSR count). The van der Waals surface area contributed by atoms with E-state index in [9.17, 15) is 10.0 Å². The average Bonchev–Trinajstić information content (AvgIpc) is 2.55. The minimum Gasteiger partial charge on any atom is -0.489 e. The third-order valence-electron chi connectivity index (χ3n) is 3.93. The van der Waals surface area contributed by atoms with Crippen molar-refractivity contribution in [3.63, 3.8) is 0 Å². The van der Waals surface area contributed by atoms with Crippen molar-refractivity contribution in [1.29, 1.82) is 0 Å². The van der Waals surface area contributed by atoms with Gasteiger partial charge in [-0.05, 0) is 49.6 Å². The first-order chi connectivity index (χ1) is 10.9. The summed E-state index contributed by atoms with van der Waals surface area (Å²) in [5, 5.41) is 10.7. The maximum atomic E-state index is 11.7. The van der Waals surface area contributed by atoms with Crippen LogP contribution in [-0.4, -0.2) is 11.1 Å². The van der Waals surface area contributed by atoms with Crippen LogP contribution >= 0.6 is 0 Å². The van der Waals surface area contributed by atoms with Crippen molar-refractivity contribution in [2.75, 3.05) is 5.06 Å². The molecule has 0 unspecified atom stereocenters. The molecule has 0 bridgehead atoms. The Morgan fingerprint density at radius 3 is 2.43 bits per heavy atom. The molecule has 23 heavy (non-hydrogen) atoms. The van der Waals surface area contributed by atoms with E-state index in [1.54, 1.807) is 19.1 Å². The number of ether oxygens (including phenoxy) is 1. The van der Waals surface area contributed by atoms with E-state index in [1.807, 2.05) is 32.0 Å². The van der Waals surface area contributed by atoms with Crippen LogP contribution in [0.4, 0.5) is 5.69 Å². The van der Waals surface area contributed by atoms with E-state index in [2.05, 4.69) is 13.0 Å². The molecule has 2 aromatic carbocycles. The highest BCUT2D eigenvalue weighted by atomic mass is 16.5. The standard InChI is InChI=1S/C19H23NO3/c1-5-19(21)20(22)17-9-7-6-8-16(17)12-23-18-11-14(3)13(2)10-15(18)4/h6-11,22H,5,12H2,1-4H3. The number of aryl methyl sites for hydroxylation is 3. The molecule has 0 saturated carbocycles. The molecule has 0 heterocycles. The number of rotatable bonds is 5. The Morgan fingerprint density at radius 1 is 1.09 bits per heavy atom. The van der Waals surface area contributed by atoms with E-state index in [-0.39, 0.29) is 18.9 Å². The van der Waals surface area contributed by atoms with Gasteiger partial charge in [0.25, 0.3) is 0 Å². The van der Waals surface area contributed by atoms with Crippen LogP contribution in [0.5, 0.6) is 5.75 Å². The molecule has 2 aromatic rings. The number of anilines is 1. The summed E-state index contributed by atoms with van der Waals surface area (Å²) in [7, 11) is 0. The van der Waals surface area contributed by atoms with Gasteiger partial charge in [-0.3, -0.25) is 10.0 Å². The highest BCUT2D eigenvalue weighted by Gasteiger charge is 2.15. The van der Waals surface area contributed by atoms with Gasteiger partial charge < -0.3 is 4.74 Å². The Balaban J connectivity index is 2.22. The van der Waals surface area contributed by atoms with E-state index in [4.69, 9.17) is 4.74 Å². The number of benzene rings is 2. The summed E-state index contributed by atoms with van der Waals surface area (Å²) in [5.74, 6) is 0.467. The molecule has 0 aliphatic heterocycles. The molecular weight excluding hydrogens is 290 g/mol. The van der Waals surface area contributed by atoms with Crippen LogP contribution in [0.25, 0.3) is 0 Å². The molecule has 0 fully saturated rings. The number of amides is 1.